The Labute approximate surface area is 180 Å². The largest absolute Gasteiger partial charge is 0.352 e. The third-order valence-electron chi connectivity index (χ3n) is 6.54. The number of hydrogen-bond donors (Lipinski definition) is 1. The van der Waals surface area contributed by atoms with E-state index in [-0.39, 0.29) is 18.5 Å². The second-order valence-electron chi connectivity index (χ2n) is 8.18. The van der Waals surface area contributed by atoms with Crippen LogP contribution in [0.5, 0.6) is 0 Å². The van der Waals surface area contributed by atoms with Crippen LogP contribution < -0.4 is 15.8 Å². The number of carbonyl (C=O) groups is 3. The molecule has 0 saturated carbocycles. The van der Waals surface area contributed by atoms with Crippen LogP contribution in [0.1, 0.15) is 45.6 Å². The molecule has 1 saturated heterocycles. The van der Waals surface area contributed by atoms with Gasteiger partial charge in [0, 0.05) is 25.7 Å². The topological polar surface area (TPSA) is 104 Å². The molecule has 2 atom stereocenters. The minimum atomic E-state index is -1.56. The molecule has 0 aliphatic carbocycles. The monoisotopic (exact) mass is 425 g/mol. The van der Waals surface area contributed by atoms with Crippen molar-refractivity contribution in [3.05, 3.63) is 40.3 Å². The van der Waals surface area contributed by atoms with E-state index in [1.165, 1.54) is 4.40 Å². The SMILES string of the molecule is CCCCCN1C(=O)NC(=O)[C@@]2(Cc3c(nc4ccccn4c3=O)N(CC)[C@@H]2C)C1=O. The van der Waals surface area contributed by atoms with Gasteiger partial charge in [-0.05, 0) is 32.4 Å². The molecule has 4 rings (SSSR count). The van der Waals surface area contributed by atoms with Crippen LogP contribution in [-0.4, -0.2) is 51.3 Å². The highest BCUT2D eigenvalue weighted by Crippen LogP contribution is 2.42. The number of aromatic nitrogens is 2. The van der Waals surface area contributed by atoms with E-state index in [0.717, 1.165) is 17.7 Å². The van der Waals surface area contributed by atoms with Crippen LogP contribution >= 0.6 is 0 Å². The lowest BCUT2D eigenvalue weighted by Gasteiger charge is -2.49. The number of anilines is 1. The van der Waals surface area contributed by atoms with E-state index in [1.807, 2.05) is 18.7 Å². The normalized spacial score (nSPS) is 23.5. The van der Waals surface area contributed by atoms with Gasteiger partial charge < -0.3 is 4.90 Å². The van der Waals surface area contributed by atoms with Gasteiger partial charge in [-0.2, -0.15) is 0 Å². The first-order chi connectivity index (χ1) is 14.9. The molecule has 4 amide bonds. The van der Waals surface area contributed by atoms with E-state index >= 15 is 0 Å². The number of unbranched alkanes of at least 4 members (excludes halogenated alkanes) is 2. The van der Waals surface area contributed by atoms with Gasteiger partial charge in [0.15, 0.2) is 5.41 Å². The van der Waals surface area contributed by atoms with Crippen LogP contribution in [0.3, 0.4) is 0 Å². The van der Waals surface area contributed by atoms with Crippen molar-refractivity contribution in [3.63, 3.8) is 0 Å². The first-order valence-corrected chi connectivity index (χ1v) is 10.8. The number of nitrogens with zero attached hydrogens (tertiary/aromatic N) is 4. The molecule has 0 aromatic carbocycles. The molecular weight excluding hydrogens is 398 g/mol. The lowest BCUT2D eigenvalue weighted by atomic mass is 9.69. The average Bonchev–Trinajstić information content (AvgIpc) is 2.75. The molecular formula is C22H27N5O4. The molecule has 0 unspecified atom stereocenters. The number of rotatable bonds is 5. The van der Waals surface area contributed by atoms with E-state index in [0.29, 0.717) is 30.0 Å². The summed E-state index contributed by atoms with van der Waals surface area (Å²) in [6.07, 6.45) is 4.00. The number of pyridine rings is 1. The predicted octanol–water partition coefficient (Wildman–Crippen LogP) is 1.72. The van der Waals surface area contributed by atoms with Crippen LogP contribution in [0.2, 0.25) is 0 Å². The number of hydrogen-bond acceptors (Lipinski definition) is 6. The molecule has 1 spiro atoms. The van der Waals surface area contributed by atoms with E-state index < -0.39 is 29.3 Å². The van der Waals surface area contributed by atoms with Gasteiger partial charge in [-0.3, -0.25) is 29.0 Å². The van der Waals surface area contributed by atoms with Crippen LogP contribution in [-0.2, 0) is 16.0 Å². The molecule has 164 valence electrons. The fourth-order valence-corrected chi connectivity index (χ4v) is 4.76. The zero-order valence-electron chi connectivity index (χ0n) is 18.1. The third-order valence-corrected chi connectivity index (χ3v) is 6.54. The molecule has 31 heavy (non-hydrogen) atoms. The highest BCUT2D eigenvalue weighted by Gasteiger charge is 2.61. The summed E-state index contributed by atoms with van der Waals surface area (Å²) in [6.45, 7) is 6.42. The maximum atomic E-state index is 13.7. The van der Waals surface area contributed by atoms with Crippen LogP contribution in [0.25, 0.3) is 5.65 Å². The maximum Gasteiger partial charge on any atom is 0.330 e. The molecule has 0 bridgehead atoms. The van der Waals surface area contributed by atoms with Gasteiger partial charge in [-0.15, -0.1) is 0 Å². The zero-order valence-corrected chi connectivity index (χ0v) is 18.1. The second-order valence-corrected chi connectivity index (χ2v) is 8.18. The van der Waals surface area contributed by atoms with Crippen molar-refractivity contribution in [2.45, 2.75) is 52.5 Å². The van der Waals surface area contributed by atoms with Crippen LogP contribution in [0.4, 0.5) is 10.6 Å². The van der Waals surface area contributed by atoms with E-state index in [4.69, 9.17) is 0 Å². The van der Waals surface area contributed by atoms with Crippen LogP contribution in [0, 0.1) is 5.41 Å². The molecule has 2 aliphatic heterocycles. The summed E-state index contributed by atoms with van der Waals surface area (Å²) in [5, 5.41) is 2.38. The summed E-state index contributed by atoms with van der Waals surface area (Å²) in [5.74, 6) is -0.693. The van der Waals surface area contributed by atoms with Gasteiger partial charge in [-0.1, -0.05) is 25.8 Å². The summed E-state index contributed by atoms with van der Waals surface area (Å²) >= 11 is 0. The Hall–Kier alpha value is -3.23. The number of amides is 4. The molecule has 1 N–H and O–H groups in total. The van der Waals surface area contributed by atoms with Crippen molar-refractivity contribution < 1.29 is 14.4 Å². The minimum absolute atomic E-state index is 0.0914. The average molecular weight is 425 g/mol. The van der Waals surface area contributed by atoms with Crippen LogP contribution in [0.15, 0.2) is 29.2 Å². The Morgan fingerprint density at radius 3 is 2.65 bits per heavy atom. The van der Waals surface area contributed by atoms with Gasteiger partial charge in [0.25, 0.3) is 5.56 Å². The molecule has 9 heteroatoms. The minimum Gasteiger partial charge on any atom is -0.352 e. The van der Waals surface area contributed by atoms with Crippen molar-refractivity contribution >= 4 is 29.3 Å². The number of urea groups is 1. The molecule has 2 aliphatic rings. The molecule has 9 nitrogen and oxygen atoms in total. The number of imide groups is 2. The lowest BCUT2D eigenvalue weighted by molar-refractivity contribution is -0.153. The fourth-order valence-electron chi connectivity index (χ4n) is 4.76. The molecule has 2 aromatic rings. The van der Waals surface area contributed by atoms with Gasteiger partial charge in [-0.25, -0.2) is 9.78 Å². The highest BCUT2D eigenvalue weighted by molar-refractivity contribution is 6.20. The van der Waals surface area contributed by atoms with Crippen molar-refractivity contribution in [1.82, 2.24) is 19.6 Å². The fraction of sp³-hybridized carbons (Fsp3) is 0.500. The zero-order chi connectivity index (χ0) is 22.3. The Kier molecular flexibility index (Phi) is 5.28. The Balaban J connectivity index is 1.86. The Morgan fingerprint density at radius 1 is 1.16 bits per heavy atom. The Bertz CT molecular complexity index is 1130. The first kappa shape index (κ1) is 21.0. The summed E-state index contributed by atoms with van der Waals surface area (Å²) in [7, 11) is 0. The number of nitrogens with one attached hydrogen (secondary N) is 1. The second kappa shape index (κ2) is 7.79. The Morgan fingerprint density at radius 2 is 1.94 bits per heavy atom. The van der Waals surface area contributed by atoms with E-state index in [1.54, 1.807) is 31.3 Å². The number of carbonyl (C=O) groups excluding carboxylic acids is 3. The number of barbiturate groups is 1. The van der Waals surface area contributed by atoms with Crippen molar-refractivity contribution in [2.75, 3.05) is 18.0 Å². The molecule has 0 radical (unpaired) electrons. The summed E-state index contributed by atoms with van der Waals surface area (Å²) < 4.78 is 1.42. The third kappa shape index (κ3) is 3.02. The standard InChI is InChI=1S/C22H27N5O4/c1-4-6-8-12-27-20(30)22(19(29)24-21(27)31)13-15-17(25(5-2)14(22)3)23-16-10-7-9-11-26(16)18(15)28/h7,9-11,14H,4-6,8,12-13H2,1-3H3,(H,24,29,31)/t14-,22+/m1/s1. The maximum absolute atomic E-state index is 13.7. The predicted molar refractivity (Wildman–Crippen MR) is 115 cm³/mol. The van der Waals surface area contributed by atoms with E-state index in [9.17, 15) is 19.2 Å². The number of fused-ring (bicyclic) bond motifs is 2. The smallest absolute Gasteiger partial charge is 0.330 e. The molecule has 4 heterocycles. The summed E-state index contributed by atoms with van der Waals surface area (Å²) in [5.41, 5.74) is -1.05. The van der Waals surface area contributed by atoms with E-state index in [2.05, 4.69) is 10.3 Å². The quantitative estimate of drug-likeness (QED) is 0.578. The van der Waals surface area contributed by atoms with Crippen molar-refractivity contribution in [2.24, 2.45) is 5.41 Å². The van der Waals surface area contributed by atoms with Crippen molar-refractivity contribution in [3.8, 4) is 0 Å². The van der Waals surface area contributed by atoms with Gasteiger partial charge in [0.1, 0.15) is 11.5 Å². The summed E-state index contributed by atoms with van der Waals surface area (Å²) in [4.78, 5) is 60.3. The van der Waals surface area contributed by atoms with Gasteiger partial charge in [0.05, 0.1) is 11.6 Å². The first-order valence-electron chi connectivity index (χ1n) is 10.8. The van der Waals surface area contributed by atoms with Gasteiger partial charge >= 0.3 is 6.03 Å². The highest BCUT2D eigenvalue weighted by atomic mass is 16.2. The van der Waals surface area contributed by atoms with Crippen molar-refractivity contribution in [1.29, 1.82) is 0 Å². The molecule has 2 aromatic heterocycles. The van der Waals surface area contributed by atoms with Gasteiger partial charge in [0.2, 0.25) is 11.8 Å². The molecule has 1 fully saturated rings. The summed E-state index contributed by atoms with van der Waals surface area (Å²) in [6, 6.07) is 4.02. The lowest BCUT2D eigenvalue weighted by Crippen LogP contribution is -2.72.